The lowest BCUT2D eigenvalue weighted by molar-refractivity contribution is -0.132. The van der Waals surface area contributed by atoms with E-state index in [2.05, 4.69) is 10.3 Å². The van der Waals surface area contributed by atoms with E-state index >= 15 is 0 Å². The van der Waals surface area contributed by atoms with Crippen LogP contribution in [0.25, 0.3) is 22.0 Å². The molecule has 8 nitrogen and oxygen atoms in total. The maximum Gasteiger partial charge on any atom is 0.240 e. The number of fused-ring (bicyclic) bond motifs is 1. The number of nitrogens with zero attached hydrogens (tertiary/aromatic N) is 1. The maximum absolute atomic E-state index is 14.1. The average Bonchev–Trinajstić information content (AvgIpc) is 3.72. The zero-order valence-electron chi connectivity index (χ0n) is 20.2. The largest absolute Gasteiger partial charge is 0.493 e. The number of hydrogen-bond acceptors (Lipinski definition) is 6. The molecule has 0 bridgehead atoms. The van der Waals surface area contributed by atoms with Gasteiger partial charge >= 0.3 is 0 Å². The van der Waals surface area contributed by atoms with Crippen LogP contribution in [0.4, 0.5) is 10.1 Å². The molecule has 1 aliphatic carbocycles. The lowest BCUT2D eigenvalue weighted by atomic mass is 10.0. The molecule has 0 saturated heterocycles. The molecule has 0 spiro atoms. The molecule has 1 fully saturated rings. The topological polar surface area (TPSA) is 113 Å². The number of hydrogen-bond donors (Lipinski definition) is 2. The van der Waals surface area contributed by atoms with Crippen molar-refractivity contribution in [2.45, 2.75) is 12.8 Å². The van der Waals surface area contributed by atoms with Crippen molar-refractivity contribution in [2.24, 2.45) is 11.1 Å². The zero-order chi connectivity index (χ0) is 26.2. The van der Waals surface area contributed by atoms with Crippen molar-refractivity contribution >= 4 is 28.4 Å². The number of primary amides is 1. The third-order valence-corrected chi connectivity index (χ3v) is 6.49. The SMILES string of the molecule is COc1cc2nccc(Oc3ccc(-c4cc(F)ccc4NC(=O)C4(C(N)=O)CC4)cc3)c2cc1OC. The second kappa shape index (κ2) is 9.42. The lowest BCUT2D eigenvalue weighted by Crippen LogP contribution is -2.36. The molecule has 0 radical (unpaired) electrons. The summed E-state index contributed by atoms with van der Waals surface area (Å²) in [6.07, 6.45) is 2.44. The van der Waals surface area contributed by atoms with E-state index in [1.165, 1.54) is 18.2 Å². The number of carbonyl (C=O) groups is 2. The number of ether oxygens (including phenoxy) is 3. The van der Waals surface area contributed by atoms with E-state index in [1.807, 2.05) is 0 Å². The van der Waals surface area contributed by atoms with Gasteiger partial charge in [-0.2, -0.15) is 0 Å². The quantitative estimate of drug-likeness (QED) is 0.327. The molecular weight excluding hydrogens is 477 g/mol. The molecule has 0 aliphatic heterocycles. The van der Waals surface area contributed by atoms with Gasteiger partial charge in [0.1, 0.15) is 22.7 Å². The first-order chi connectivity index (χ1) is 17.8. The lowest BCUT2D eigenvalue weighted by Gasteiger charge is -2.16. The number of nitrogens with one attached hydrogen (secondary N) is 1. The highest BCUT2D eigenvalue weighted by atomic mass is 19.1. The van der Waals surface area contributed by atoms with Gasteiger partial charge in [-0.1, -0.05) is 12.1 Å². The van der Waals surface area contributed by atoms with Crippen LogP contribution in [0.3, 0.4) is 0 Å². The van der Waals surface area contributed by atoms with Crippen molar-refractivity contribution in [1.82, 2.24) is 4.98 Å². The number of nitrogens with two attached hydrogens (primary N) is 1. The summed E-state index contributed by atoms with van der Waals surface area (Å²) in [5.41, 5.74) is 6.40. The second-order valence-electron chi connectivity index (χ2n) is 8.75. The van der Waals surface area contributed by atoms with Crippen LogP contribution in [0.2, 0.25) is 0 Å². The van der Waals surface area contributed by atoms with Crippen molar-refractivity contribution < 1.29 is 28.2 Å². The number of anilines is 1. The van der Waals surface area contributed by atoms with Gasteiger partial charge in [-0.05, 0) is 60.9 Å². The number of amides is 2. The van der Waals surface area contributed by atoms with Gasteiger partial charge in [0.2, 0.25) is 11.8 Å². The van der Waals surface area contributed by atoms with Gasteiger partial charge in [0.05, 0.1) is 19.7 Å². The predicted octanol–water partition coefficient (Wildman–Crippen LogP) is 5.05. The van der Waals surface area contributed by atoms with Crippen LogP contribution < -0.4 is 25.3 Å². The van der Waals surface area contributed by atoms with Crippen LogP contribution >= 0.6 is 0 Å². The van der Waals surface area contributed by atoms with E-state index in [1.54, 1.807) is 62.9 Å². The Hall–Kier alpha value is -4.66. The van der Waals surface area contributed by atoms with Crippen molar-refractivity contribution in [3.05, 3.63) is 72.7 Å². The minimum atomic E-state index is -1.19. The van der Waals surface area contributed by atoms with Gasteiger partial charge in [-0.25, -0.2) is 4.39 Å². The highest BCUT2D eigenvalue weighted by molar-refractivity contribution is 6.13. The summed E-state index contributed by atoms with van der Waals surface area (Å²) >= 11 is 0. The van der Waals surface area contributed by atoms with Crippen LogP contribution in [0.1, 0.15) is 12.8 Å². The molecule has 1 aliphatic rings. The number of rotatable bonds is 8. The van der Waals surface area contributed by atoms with Crippen molar-refractivity contribution in [3.8, 4) is 34.1 Å². The molecule has 3 N–H and O–H groups in total. The molecule has 1 saturated carbocycles. The van der Waals surface area contributed by atoms with E-state index in [4.69, 9.17) is 19.9 Å². The van der Waals surface area contributed by atoms with Gasteiger partial charge < -0.3 is 25.3 Å². The van der Waals surface area contributed by atoms with Crippen molar-refractivity contribution in [3.63, 3.8) is 0 Å². The van der Waals surface area contributed by atoms with Gasteiger partial charge in [0.15, 0.2) is 11.5 Å². The summed E-state index contributed by atoms with van der Waals surface area (Å²) in [5.74, 6) is 0.618. The van der Waals surface area contributed by atoms with Gasteiger partial charge in [-0.3, -0.25) is 14.6 Å². The molecule has 0 unspecified atom stereocenters. The Morgan fingerprint density at radius 2 is 1.65 bits per heavy atom. The first-order valence-electron chi connectivity index (χ1n) is 11.5. The highest BCUT2D eigenvalue weighted by Crippen LogP contribution is 2.46. The van der Waals surface area contributed by atoms with Crippen LogP contribution in [-0.2, 0) is 9.59 Å². The fraction of sp³-hybridized carbons (Fsp3) is 0.179. The number of pyridine rings is 1. The van der Waals surface area contributed by atoms with Gasteiger partial charge in [0.25, 0.3) is 0 Å². The average molecular weight is 502 g/mol. The van der Waals surface area contributed by atoms with Gasteiger partial charge in [0, 0.05) is 28.9 Å². The second-order valence-corrected chi connectivity index (χ2v) is 8.75. The standard InChI is InChI=1S/C28H24FN3O5/c1-35-24-14-20-22(15-25(24)36-2)31-12-9-23(20)37-18-6-3-16(4-7-18)19-13-17(29)5-8-21(19)32-27(34)28(10-11-28)26(30)33/h3-9,12-15H,10-11H2,1-2H3,(H2,30,33)(H,32,34). The Labute approximate surface area is 212 Å². The summed E-state index contributed by atoms with van der Waals surface area (Å²) in [5, 5.41) is 3.49. The Bertz CT molecular complexity index is 1520. The predicted molar refractivity (Wildman–Crippen MR) is 136 cm³/mol. The minimum absolute atomic E-state index is 0.383. The smallest absolute Gasteiger partial charge is 0.240 e. The van der Waals surface area contributed by atoms with Crippen LogP contribution in [0.5, 0.6) is 23.0 Å². The van der Waals surface area contributed by atoms with E-state index in [-0.39, 0.29) is 0 Å². The first-order valence-corrected chi connectivity index (χ1v) is 11.5. The molecule has 1 aromatic heterocycles. The molecule has 4 aromatic rings. The summed E-state index contributed by atoms with van der Waals surface area (Å²) in [7, 11) is 3.11. The zero-order valence-corrected chi connectivity index (χ0v) is 20.2. The highest BCUT2D eigenvalue weighted by Gasteiger charge is 2.55. The molecule has 37 heavy (non-hydrogen) atoms. The molecule has 1 heterocycles. The Morgan fingerprint density at radius 3 is 2.30 bits per heavy atom. The molecule has 2 amide bonds. The third-order valence-electron chi connectivity index (χ3n) is 6.49. The number of benzene rings is 3. The Kier molecular flexibility index (Phi) is 6.12. The number of halogens is 1. The maximum atomic E-state index is 14.1. The number of methoxy groups -OCH3 is 2. The molecule has 9 heteroatoms. The van der Waals surface area contributed by atoms with E-state index < -0.39 is 23.0 Å². The van der Waals surface area contributed by atoms with E-state index in [0.29, 0.717) is 58.2 Å². The molecule has 0 atom stereocenters. The summed E-state index contributed by atoms with van der Waals surface area (Å²) in [4.78, 5) is 28.8. The number of aromatic nitrogens is 1. The summed E-state index contributed by atoms with van der Waals surface area (Å²) in [6.45, 7) is 0. The Balaban J connectivity index is 1.42. The normalized spacial score (nSPS) is 13.6. The third kappa shape index (κ3) is 4.51. The summed E-state index contributed by atoms with van der Waals surface area (Å²) < 4.78 is 31.0. The molecule has 3 aromatic carbocycles. The van der Waals surface area contributed by atoms with E-state index in [9.17, 15) is 14.0 Å². The molecule has 5 rings (SSSR count). The minimum Gasteiger partial charge on any atom is -0.493 e. The number of carbonyl (C=O) groups excluding carboxylic acids is 2. The summed E-state index contributed by atoms with van der Waals surface area (Å²) in [6, 6.07) is 16.4. The fourth-order valence-electron chi connectivity index (χ4n) is 4.18. The van der Waals surface area contributed by atoms with Crippen molar-refractivity contribution in [2.75, 3.05) is 19.5 Å². The Morgan fingerprint density at radius 1 is 0.946 bits per heavy atom. The van der Waals surface area contributed by atoms with Crippen molar-refractivity contribution in [1.29, 1.82) is 0 Å². The first kappa shape index (κ1) is 24.1. The van der Waals surface area contributed by atoms with Gasteiger partial charge in [-0.15, -0.1) is 0 Å². The molecular formula is C28H24FN3O5. The monoisotopic (exact) mass is 501 g/mol. The van der Waals surface area contributed by atoms with Crippen LogP contribution in [0.15, 0.2) is 66.9 Å². The fourth-order valence-corrected chi connectivity index (χ4v) is 4.18. The van der Waals surface area contributed by atoms with E-state index in [0.717, 1.165) is 5.39 Å². The van der Waals surface area contributed by atoms with Crippen LogP contribution in [0, 0.1) is 11.2 Å². The van der Waals surface area contributed by atoms with Crippen LogP contribution in [-0.4, -0.2) is 31.0 Å². The molecule has 188 valence electrons.